The SMILES string of the molecule is CCCCc1ccc(OC(=O)C2(C)COC([C@H]3CC[C@H](CCC)CC3)OC2)cc1. The van der Waals surface area contributed by atoms with Crippen molar-refractivity contribution < 1.29 is 19.0 Å². The first-order valence-electron chi connectivity index (χ1n) is 11.6. The van der Waals surface area contributed by atoms with Crippen molar-refractivity contribution in [3.8, 4) is 5.75 Å². The first kappa shape index (κ1) is 22.3. The summed E-state index contributed by atoms with van der Waals surface area (Å²) < 4.78 is 17.7. The zero-order valence-electron chi connectivity index (χ0n) is 18.5. The summed E-state index contributed by atoms with van der Waals surface area (Å²) in [5.74, 6) is 1.64. The molecule has 1 aromatic carbocycles. The molecule has 0 spiro atoms. The predicted octanol–water partition coefficient (Wildman–Crippen LogP) is 5.92. The van der Waals surface area contributed by atoms with E-state index in [1.54, 1.807) is 0 Å². The van der Waals surface area contributed by atoms with E-state index in [1.165, 1.54) is 56.9 Å². The van der Waals surface area contributed by atoms with E-state index in [-0.39, 0.29) is 12.3 Å². The predicted molar refractivity (Wildman–Crippen MR) is 115 cm³/mol. The van der Waals surface area contributed by atoms with Gasteiger partial charge in [-0.1, -0.05) is 45.2 Å². The molecule has 1 saturated carbocycles. The van der Waals surface area contributed by atoms with Crippen molar-refractivity contribution in [2.45, 2.75) is 84.8 Å². The molecule has 3 rings (SSSR count). The van der Waals surface area contributed by atoms with Crippen LogP contribution in [0.25, 0.3) is 0 Å². The van der Waals surface area contributed by atoms with Crippen LogP contribution in [0.5, 0.6) is 5.75 Å². The average molecular weight is 403 g/mol. The van der Waals surface area contributed by atoms with Crippen LogP contribution in [0.4, 0.5) is 0 Å². The van der Waals surface area contributed by atoms with Crippen LogP contribution < -0.4 is 4.74 Å². The van der Waals surface area contributed by atoms with E-state index < -0.39 is 5.41 Å². The second kappa shape index (κ2) is 10.6. The smallest absolute Gasteiger partial charge is 0.321 e. The molecule has 0 aromatic heterocycles. The topological polar surface area (TPSA) is 44.8 Å². The van der Waals surface area contributed by atoms with Gasteiger partial charge in [0.25, 0.3) is 0 Å². The van der Waals surface area contributed by atoms with Gasteiger partial charge >= 0.3 is 5.97 Å². The van der Waals surface area contributed by atoms with Crippen molar-refractivity contribution in [3.05, 3.63) is 29.8 Å². The number of esters is 1. The lowest BCUT2D eigenvalue weighted by Crippen LogP contribution is -2.49. The van der Waals surface area contributed by atoms with Crippen LogP contribution in [0.1, 0.15) is 77.7 Å². The molecule has 1 aliphatic carbocycles. The summed E-state index contributed by atoms with van der Waals surface area (Å²) >= 11 is 0. The fourth-order valence-corrected chi connectivity index (χ4v) is 4.50. The lowest BCUT2D eigenvalue weighted by molar-refractivity contribution is -0.250. The monoisotopic (exact) mass is 402 g/mol. The average Bonchev–Trinajstić information content (AvgIpc) is 2.75. The van der Waals surface area contributed by atoms with E-state index in [4.69, 9.17) is 14.2 Å². The zero-order valence-corrected chi connectivity index (χ0v) is 18.5. The van der Waals surface area contributed by atoms with Crippen molar-refractivity contribution in [2.75, 3.05) is 13.2 Å². The lowest BCUT2D eigenvalue weighted by atomic mass is 9.79. The maximum atomic E-state index is 12.8. The Morgan fingerprint density at radius 2 is 1.69 bits per heavy atom. The van der Waals surface area contributed by atoms with E-state index in [0.29, 0.717) is 24.9 Å². The summed E-state index contributed by atoms with van der Waals surface area (Å²) in [6, 6.07) is 7.85. The van der Waals surface area contributed by atoms with Crippen LogP contribution in [-0.2, 0) is 20.7 Å². The van der Waals surface area contributed by atoms with Crippen molar-refractivity contribution in [2.24, 2.45) is 17.3 Å². The van der Waals surface area contributed by atoms with Crippen LogP contribution >= 0.6 is 0 Å². The molecule has 162 valence electrons. The van der Waals surface area contributed by atoms with Gasteiger partial charge in [0.15, 0.2) is 6.29 Å². The second-order valence-electron chi connectivity index (χ2n) is 9.26. The third-order valence-corrected chi connectivity index (χ3v) is 6.55. The molecule has 1 aromatic rings. The molecule has 0 radical (unpaired) electrons. The number of ether oxygens (including phenoxy) is 3. The number of rotatable bonds is 8. The second-order valence-corrected chi connectivity index (χ2v) is 9.26. The summed E-state index contributed by atoms with van der Waals surface area (Å²) in [6.07, 6.45) is 10.7. The number of unbranched alkanes of at least 4 members (excludes halogenated alkanes) is 1. The summed E-state index contributed by atoms with van der Waals surface area (Å²) in [6.45, 7) is 7.05. The van der Waals surface area contributed by atoms with E-state index >= 15 is 0 Å². The van der Waals surface area contributed by atoms with E-state index in [0.717, 1.165) is 12.3 Å². The van der Waals surface area contributed by atoms with Gasteiger partial charge in [-0.3, -0.25) is 4.79 Å². The Morgan fingerprint density at radius 1 is 1.03 bits per heavy atom. The molecule has 2 aliphatic rings. The summed E-state index contributed by atoms with van der Waals surface area (Å²) in [5.41, 5.74) is 0.523. The van der Waals surface area contributed by atoms with Gasteiger partial charge in [-0.05, 0) is 69.1 Å². The van der Waals surface area contributed by atoms with Gasteiger partial charge in [0.05, 0.1) is 13.2 Å². The van der Waals surface area contributed by atoms with E-state index in [1.807, 2.05) is 31.2 Å². The minimum Gasteiger partial charge on any atom is -0.426 e. The molecule has 29 heavy (non-hydrogen) atoms. The van der Waals surface area contributed by atoms with Crippen molar-refractivity contribution in [1.82, 2.24) is 0 Å². The Hall–Kier alpha value is -1.39. The number of carbonyl (C=O) groups excluding carboxylic acids is 1. The highest BCUT2D eigenvalue weighted by Crippen LogP contribution is 2.37. The third-order valence-electron chi connectivity index (χ3n) is 6.55. The van der Waals surface area contributed by atoms with Gasteiger partial charge in [0, 0.05) is 5.92 Å². The molecular formula is C25H38O4. The van der Waals surface area contributed by atoms with Gasteiger partial charge in [-0.2, -0.15) is 0 Å². The lowest BCUT2D eigenvalue weighted by Gasteiger charge is -2.40. The minimum absolute atomic E-state index is 0.170. The van der Waals surface area contributed by atoms with Crippen molar-refractivity contribution in [3.63, 3.8) is 0 Å². The highest BCUT2D eigenvalue weighted by molar-refractivity contribution is 5.79. The molecule has 0 amide bonds. The molecule has 4 nitrogen and oxygen atoms in total. The maximum Gasteiger partial charge on any atom is 0.321 e. The largest absolute Gasteiger partial charge is 0.426 e. The number of benzene rings is 1. The number of hydrogen-bond acceptors (Lipinski definition) is 4. The van der Waals surface area contributed by atoms with Crippen molar-refractivity contribution in [1.29, 1.82) is 0 Å². The van der Waals surface area contributed by atoms with Crippen LogP contribution in [-0.4, -0.2) is 25.5 Å². The molecule has 0 bridgehead atoms. The van der Waals surface area contributed by atoms with E-state index in [2.05, 4.69) is 13.8 Å². The van der Waals surface area contributed by atoms with Crippen LogP contribution in [0.15, 0.2) is 24.3 Å². The van der Waals surface area contributed by atoms with Gasteiger partial charge in [0.2, 0.25) is 0 Å². The molecule has 0 unspecified atom stereocenters. The summed E-state index contributed by atoms with van der Waals surface area (Å²) in [7, 11) is 0. The first-order valence-corrected chi connectivity index (χ1v) is 11.6. The van der Waals surface area contributed by atoms with Crippen LogP contribution in [0, 0.1) is 17.3 Å². The Morgan fingerprint density at radius 3 is 2.28 bits per heavy atom. The maximum absolute atomic E-state index is 12.8. The fraction of sp³-hybridized carbons (Fsp3) is 0.720. The highest BCUT2D eigenvalue weighted by atomic mass is 16.7. The Labute approximate surface area is 176 Å². The summed E-state index contributed by atoms with van der Waals surface area (Å²) in [5, 5.41) is 0. The molecule has 4 heteroatoms. The first-order chi connectivity index (χ1) is 14.0. The zero-order chi connectivity index (χ0) is 20.7. The normalized spacial score (nSPS) is 30.1. The quantitative estimate of drug-likeness (QED) is 0.400. The van der Waals surface area contributed by atoms with Crippen LogP contribution in [0.3, 0.4) is 0 Å². The molecule has 1 aliphatic heterocycles. The van der Waals surface area contributed by atoms with Gasteiger partial charge in [-0.15, -0.1) is 0 Å². The molecule has 1 saturated heterocycles. The molecule has 2 fully saturated rings. The Bertz CT molecular complexity index is 623. The van der Waals surface area contributed by atoms with Gasteiger partial charge in [-0.25, -0.2) is 0 Å². The number of aryl methyl sites for hydroxylation is 1. The molecule has 0 atom stereocenters. The highest BCUT2D eigenvalue weighted by Gasteiger charge is 2.43. The number of hydrogen-bond donors (Lipinski definition) is 0. The third kappa shape index (κ3) is 6.05. The van der Waals surface area contributed by atoms with Crippen LogP contribution in [0.2, 0.25) is 0 Å². The molecular weight excluding hydrogens is 364 g/mol. The van der Waals surface area contributed by atoms with Crippen molar-refractivity contribution >= 4 is 5.97 Å². The molecule has 1 heterocycles. The fourth-order valence-electron chi connectivity index (χ4n) is 4.50. The standard InChI is InChI=1S/C25H38O4/c1-4-6-8-20-11-15-22(16-12-20)29-24(26)25(3)17-27-23(28-18-25)21-13-9-19(7-5-2)10-14-21/h11-12,15-16,19,21,23H,4-10,13-14,17-18H2,1-3H3/t19-,21-,23?,25?. The Balaban J connectivity index is 1.46. The number of carbonyl (C=O) groups is 1. The minimum atomic E-state index is -0.753. The molecule has 0 N–H and O–H groups in total. The van der Waals surface area contributed by atoms with Gasteiger partial charge in [0.1, 0.15) is 11.2 Å². The summed E-state index contributed by atoms with van der Waals surface area (Å²) in [4.78, 5) is 12.8. The van der Waals surface area contributed by atoms with Gasteiger partial charge < -0.3 is 14.2 Å². The van der Waals surface area contributed by atoms with E-state index in [9.17, 15) is 4.79 Å². The Kier molecular flexibility index (Phi) is 8.14.